The summed E-state index contributed by atoms with van der Waals surface area (Å²) in [5.74, 6) is 1.30. The summed E-state index contributed by atoms with van der Waals surface area (Å²) in [6.07, 6.45) is 8.13. The van der Waals surface area contributed by atoms with Crippen molar-refractivity contribution in [2.75, 3.05) is 0 Å². The van der Waals surface area contributed by atoms with E-state index in [4.69, 9.17) is 4.74 Å². The average molecular weight is 327 g/mol. The van der Waals surface area contributed by atoms with Gasteiger partial charge in [-0.2, -0.15) is 0 Å². The molecule has 1 heteroatoms. The van der Waals surface area contributed by atoms with Crippen molar-refractivity contribution in [2.24, 2.45) is 22.7 Å². The van der Waals surface area contributed by atoms with Crippen LogP contribution in [0.5, 0.6) is 0 Å². The second kappa shape index (κ2) is 10.1. The van der Waals surface area contributed by atoms with Gasteiger partial charge in [0.1, 0.15) is 0 Å². The summed E-state index contributed by atoms with van der Waals surface area (Å²) in [6, 6.07) is 0. The Balaban J connectivity index is 4.88. The van der Waals surface area contributed by atoms with Gasteiger partial charge in [-0.05, 0) is 48.3 Å². The lowest BCUT2D eigenvalue weighted by atomic mass is 9.84. The summed E-state index contributed by atoms with van der Waals surface area (Å²) in [7, 11) is 0. The van der Waals surface area contributed by atoms with Crippen LogP contribution in [0.3, 0.4) is 0 Å². The largest absolute Gasteiger partial charge is 0.374 e. The first kappa shape index (κ1) is 23.0. The Morgan fingerprint density at radius 3 is 1.17 bits per heavy atom. The Bertz CT molecular complexity index is 264. The molecule has 0 radical (unpaired) electrons. The lowest BCUT2D eigenvalue weighted by Crippen LogP contribution is -2.33. The van der Waals surface area contributed by atoms with Crippen LogP contribution >= 0.6 is 0 Å². The molecule has 4 unspecified atom stereocenters. The summed E-state index contributed by atoms with van der Waals surface area (Å²) in [6.45, 7) is 23.4. The molecule has 0 aliphatic rings. The first-order valence-corrected chi connectivity index (χ1v) is 10.0. The summed E-state index contributed by atoms with van der Waals surface area (Å²) in [5.41, 5.74) is 0.790. The molecule has 1 nitrogen and oxygen atoms in total. The maximum absolute atomic E-state index is 6.75. The summed E-state index contributed by atoms with van der Waals surface area (Å²) < 4.78 is 6.75. The highest BCUT2D eigenvalue weighted by molar-refractivity contribution is 4.76. The first-order chi connectivity index (χ1) is 10.4. The highest BCUT2D eigenvalue weighted by Crippen LogP contribution is 2.31. The molecular weight excluding hydrogens is 280 g/mol. The molecule has 0 spiro atoms. The van der Waals surface area contributed by atoms with E-state index in [0.29, 0.717) is 34.9 Å². The van der Waals surface area contributed by atoms with Crippen LogP contribution in [-0.2, 0) is 4.74 Å². The number of hydrogen-bond donors (Lipinski definition) is 0. The van der Waals surface area contributed by atoms with E-state index in [0.717, 1.165) is 0 Å². The van der Waals surface area contributed by atoms with E-state index in [9.17, 15) is 0 Å². The minimum absolute atomic E-state index is 0.395. The van der Waals surface area contributed by atoms with Crippen molar-refractivity contribution in [1.82, 2.24) is 0 Å². The van der Waals surface area contributed by atoms with E-state index in [1.165, 1.54) is 38.5 Å². The third-order valence-electron chi connectivity index (χ3n) is 5.26. The second-order valence-electron chi connectivity index (χ2n) is 10.2. The van der Waals surface area contributed by atoms with E-state index in [2.05, 4.69) is 69.2 Å². The molecule has 140 valence electrons. The number of ether oxygens (including phenoxy) is 1. The molecule has 23 heavy (non-hydrogen) atoms. The minimum atomic E-state index is 0.395. The van der Waals surface area contributed by atoms with E-state index < -0.39 is 0 Å². The van der Waals surface area contributed by atoms with E-state index in [-0.39, 0.29) is 0 Å². The van der Waals surface area contributed by atoms with Crippen molar-refractivity contribution >= 4 is 0 Å². The van der Waals surface area contributed by atoms with Crippen molar-refractivity contribution in [1.29, 1.82) is 0 Å². The predicted octanol–water partition coefficient (Wildman–Crippen LogP) is 7.49. The molecule has 0 saturated heterocycles. The highest BCUT2D eigenvalue weighted by Gasteiger charge is 2.27. The Hall–Kier alpha value is -0.0400. The lowest BCUT2D eigenvalue weighted by molar-refractivity contribution is -0.0773. The van der Waals surface area contributed by atoms with Crippen LogP contribution in [0.15, 0.2) is 0 Å². The van der Waals surface area contributed by atoms with Crippen LogP contribution < -0.4 is 0 Å². The fourth-order valence-corrected chi connectivity index (χ4v) is 2.87. The summed E-state index contributed by atoms with van der Waals surface area (Å²) in [4.78, 5) is 0. The van der Waals surface area contributed by atoms with Crippen molar-refractivity contribution in [3.63, 3.8) is 0 Å². The zero-order chi connectivity index (χ0) is 18.3. The maximum atomic E-state index is 6.75. The molecule has 0 amide bonds. The standard InChI is InChI=1S/C22H46O/c1-11-17(3)19(13-15-21(5,6)7)23-20(18(4)12-2)14-16-22(8,9)10/h17-20H,11-16H2,1-10H3. The van der Waals surface area contributed by atoms with Crippen LogP contribution in [0.2, 0.25) is 0 Å². The fraction of sp³-hybridized carbons (Fsp3) is 1.00. The molecule has 0 aromatic heterocycles. The Morgan fingerprint density at radius 1 is 0.652 bits per heavy atom. The lowest BCUT2D eigenvalue weighted by Gasteiger charge is -2.34. The van der Waals surface area contributed by atoms with Gasteiger partial charge in [-0.1, -0.05) is 82.1 Å². The van der Waals surface area contributed by atoms with Crippen molar-refractivity contribution in [3.05, 3.63) is 0 Å². The first-order valence-electron chi connectivity index (χ1n) is 10.0. The Morgan fingerprint density at radius 2 is 0.957 bits per heavy atom. The summed E-state index contributed by atoms with van der Waals surface area (Å²) >= 11 is 0. The zero-order valence-corrected chi connectivity index (χ0v) is 18.0. The minimum Gasteiger partial charge on any atom is -0.374 e. The van der Waals surface area contributed by atoms with Crippen LogP contribution in [0.25, 0.3) is 0 Å². The molecule has 0 aliphatic carbocycles. The molecule has 0 aromatic rings. The zero-order valence-electron chi connectivity index (χ0n) is 18.0. The molecule has 0 aromatic carbocycles. The van der Waals surface area contributed by atoms with Gasteiger partial charge in [0, 0.05) is 0 Å². The molecule has 4 atom stereocenters. The summed E-state index contributed by atoms with van der Waals surface area (Å²) in [5, 5.41) is 0. The molecular formula is C22H46O. The smallest absolute Gasteiger partial charge is 0.0604 e. The molecule has 0 rings (SSSR count). The van der Waals surface area contributed by atoms with Crippen LogP contribution in [0.4, 0.5) is 0 Å². The molecule has 0 heterocycles. The average Bonchev–Trinajstić information content (AvgIpc) is 2.42. The van der Waals surface area contributed by atoms with Crippen molar-refractivity contribution in [3.8, 4) is 0 Å². The monoisotopic (exact) mass is 326 g/mol. The van der Waals surface area contributed by atoms with Crippen LogP contribution in [0, 0.1) is 22.7 Å². The van der Waals surface area contributed by atoms with Gasteiger partial charge in [-0.3, -0.25) is 0 Å². The third-order valence-corrected chi connectivity index (χ3v) is 5.26. The van der Waals surface area contributed by atoms with Gasteiger partial charge >= 0.3 is 0 Å². The normalized spacial score (nSPS) is 18.5. The van der Waals surface area contributed by atoms with Gasteiger partial charge in [0.25, 0.3) is 0 Å². The number of rotatable bonds is 10. The van der Waals surface area contributed by atoms with Crippen LogP contribution in [-0.4, -0.2) is 12.2 Å². The van der Waals surface area contributed by atoms with E-state index in [1.807, 2.05) is 0 Å². The maximum Gasteiger partial charge on any atom is 0.0604 e. The van der Waals surface area contributed by atoms with Crippen molar-refractivity contribution < 1.29 is 4.74 Å². The SMILES string of the molecule is CCC(C)C(CCC(C)(C)C)OC(CCC(C)(C)C)C(C)CC. The predicted molar refractivity (Wildman–Crippen MR) is 105 cm³/mol. The topological polar surface area (TPSA) is 9.23 Å². The van der Waals surface area contributed by atoms with Gasteiger partial charge in [0.15, 0.2) is 0 Å². The number of hydrogen-bond acceptors (Lipinski definition) is 1. The molecule has 0 saturated carbocycles. The van der Waals surface area contributed by atoms with Gasteiger partial charge in [-0.25, -0.2) is 0 Å². The van der Waals surface area contributed by atoms with E-state index >= 15 is 0 Å². The van der Waals surface area contributed by atoms with Gasteiger partial charge < -0.3 is 4.74 Å². The molecule has 0 fully saturated rings. The van der Waals surface area contributed by atoms with Gasteiger partial charge in [0.2, 0.25) is 0 Å². The van der Waals surface area contributed by atoms with Gasteiger partial charge in [0.05, 0.1) is 12.2 Å². The third kappa shape index (κ3) is 11.2. The quantitative estimate of drug-likeness (QED) is 0.404. The fourth-order valence-electron chi connectivity index (χ4n) is 2.87. The molecule has 0 bridgehead atoms. The van der Waals surface area contributed by atoms with Crippen molar-refractivity contribution in [2.45, 2.75) is 120 Å². The molecule has 0 aliphatic heterocycles. The van der Waals surface area contributed by atoms with Crippen LogP contribution in [0.1, 0.15) is 108 Å². The Kier molecular flexibility index (Phi) is 10.0. The van der Waals surface area contributed by atoms with E-state index in [1.54, 1.807) is 0 Å². The molecule has 0 N–H and O–H groups in total. The van der Waals surface area contributed by atoms with Gasteiger partial charge in [-0.15, -0.1) is 0 Å². The second-order valence-corrected chi connectivity index (χ2v) is 10.2. The highest BCUT2D eigenvalue weighted by atomic mass is 16.5. The Labute approximate surface area is 148 Å².